The minimum Gasteiger partial charge on any atom is -0.391 e. The molecule has 3 N–H and O–H groups in total. The molecule has 0 radical (unpaired) electrons. The summed E-state index contributed by atoms with van der Waals surface area (Å²) in [5.41, 5.74) is 6.75. The number of amides is 1. The molecule has 0 spiro atoms. The Kier molecular flexibility index (Phi) is 5.46. The highest BCUT2D eigenvalue weighted by atomic mass is 16.3. The van der Waals surface area contributed by atoms with Gasteiger partial charge in [-0.1, -0.05) is 48.9 Å². The fourth-order valence-corrected chi connectivity index (χ4v) is 3.13. The highest BCUT2D eigenvalue weighted by molar-refractivity contribution is 5.90. The number of benzene rings is 2. The topological polar surface area (TPSA) is 81.1 Å². The van der Waals surface area contributed by atoms with Crippen LogP contribution in [0.15, 0.2) is 55.0 Å². The largest absolute Gasteiger partial charge is 0.391 e. The second-order valence-electron chi connectivity index (χ2n) is 6.36. The molecular formula is C20H23N3O2. The Labute approximate surface area is 147 Å². The third kappa shape index (κ3) is 4.45. The van der Waals surface area contributed by atoms with Crippen molar-refractivity contribution in [3.05, 3.63) is 66.2 Å². The number of fused-ring (bicyclic) bond motifs is 1. The van der Waals surface area contributed by atoms with Crippen LogP contribution in [0.1, 0.15) is 35.3 Å². The van der Waals surface area contributed by atoms with Gasteiger partial charge in [0.1, 0.15) is 5.69 Å². The summed E-state index contributed by atoms with van der Waals surface area (Å²) in [6.07, 6.45) is 6.34. The number of aliphatic hydroxyl groups is 1. The molecule has 5 nitrogen and oxygen atoms in total. The van der Waals surface area contributed by atoms with E-state index in [4.69, 9.17) is 5.73 Å². The average molecular weight is 337 g/mol. The molecule has 25 heavy (non-hydrogen) atoms. The molecular weight excluding hydrogens is 314 g/mol. The van der Waals surface area contributed by atoms with E-state index in [9.17, 15) is 9.90 Å². The number of carbonyl (C=O) groups excluding carboxylic acids is 1. The molecule has 0 fully saturated rings. The first-order valence-electron chi connectivity index (χ1n) is 8.60. The molecule has 3 aromatic rings. The summed E-state index contributed by atoms with van der Waals surface area (Å²) in [6.45, 7) is 0.425. The fraction of sp³-hybridized carbons (Fsp3) is 0.300. The monoisotopic (exact) mass is 337 g/mol. The molecule has 1 aromatic heterocycles. The Hall–Kier alpha value is -2.66. The van der Waals surface area contributed by atoms with Crippen molar-refractivity contribution in [3.63, 3.8) is 0 Å². The van der Waals surface area contributed by atoms with Gasteiger partial charge in [0.15, 0.2) is 0 Å². The maximum Gasteiger partial charge on any atom is 0.268 e. The molecule has 0 bridgehead atoms. The Morgan fingerprint density at radius 1 is 1.16 bits per heavy atom. The van der Waals surface area contributed by atoms with Gasteiger partial charge in [-0.3, -0.25) is 4.79 Å². The molecule has 2 aromatic carbocycles. The van der Waals surface area contributed by atoms with E-state index in [-0.39, 0.29) is 5.69 Å². The summed E-state index contributed by atoms with van der Waals surface area (Å²) in [5.74, 6) is -0.552. The second-order valence-corrected chi connectivity index (χ2v) is 6.36. The van der Waals surface area contributed by atoms with Crippen molar-refractivity contribution in [3.8, 4) is 0 Å². The van der Waals surface area contributed by atoms with E-state index >= 15 is 0 Å². The van der Waals surface area contributed by atoms with Crippen molar-refractivity contribution in [1.29, 1.82) is 0 Å². The van der Waals surface area contributed by atoms with Crippen LogP contribution in [0.3, 0.4) is 0 Å². The molecule has 0 aliphatic heterocycles. The third-order valence-corrected chi connectivity index (χ3v) is 4.42. The van der Waals surface area contributed by atoms with Gasteiger partial charge in [0.2, 0.25) is 0 Å². The summed E-state index contributed by atoms with van der Waals surface area (Å²) in [4.78, 5) is 14.9. The third-order valence-electron chi connectivity index (χ3n) is 4.42. The van der Waals surface area contributed by atoms with Crippen LogP contribution in [0.4, 0.5) is 0 Å². The number of hydrogen-bond acceptors (Lipinski definition) is 3. The number of aryl methyl sites for hydroxylation is 1. The van der Waals surface area contributed by atoms with Crippen LogP contribution in [0, 0.1) is 0 Å². The molecule has 3 rings (SSSR count). The first-order chi connectivity index (χ1) is 12.1. The van der Waals surface area contributed by atoms with E-state index in [0.29, 0.717) is 6.54 Å². The first kappa shape index (κ1) is 17.2. The number of aromatic nitrogens is 2. The lowest BCUT2D eigenvalue weighted by Gasteiger charge is -2.11. The number of imidazole rings is 1. The maximum atomic E-state index is 11.0. The van der Waals surface area contributed by atoms with Gasteiger partial charge in [-0.15, -0.1) is 0 Å². The molecule has 0 saturated carbocycles. The summed E-state index contributed by atoms with van der Waals surface area (Å²) >= 11 is 0. The molecule has 1 heterocycles. The minimum absolute atomic E-state index is 0.225. The second kappa shape index (κ2) is 7.94. The standard InChI is InChI=1S/C20H23N3O2/c21-20(25)19-13-23(14-22-19)12-17(24)10-3-1-6-15-8-5-9-16-7-2-4-11-18(15)16/h2,4-5,7-9,11,13-14,17,24H,1,3,6,10,12H2,(H2,21,25). The Morgan fingerprint density at radius 2 is 1.96 bits per heavy atom. The molecule has 0 aliphatic carbocycles. The maximum absolute atomic E-state index is 11.0. The zero-order valence-corrected chi connectivity index (χ0v) is 14.1. The Bertz CT molecular complexity index is 852. The van der Waals surface area contributed by atoms with Crippen LogP contribution in [-0.4, -0.2) is 26.7 Å². The van der Waals surface area contributed by atoms with Crippen molar-refractivity contribution in [1.82, 2.24) is 9.55 Å². The summed E-state index contributed by atoms with van der Waals surface area (Å²) in [6, 6.07) is 14.8. The lowest BCUT2D eigenvalue weighted by atomic mass is 9.99. The molecule has 1 atom stereocenters. The number of nitrogens with two attached hydrogens (primary N) is 1. The number of carbonyl (C=O) groups is 1. The van der Waals surface area contributed by atoms with Gasteiger partial charge in [-0.25, -0.2) is 4.98 Å². The smallest absolute Gasteiger partial charge is 0.268 e. The lowest BCUT2D eigenvalue weighted by molar-refractivity contribution is 0.0995. The van der Waals surface area contributed by atoms with E-state index < -0.39 is 12.0 Å². The first-order valence-corrected chi connectivity index (χ1v) is 8.60. The zero-order valence-electron chi connectivity index (χ0n) is 14.1. The van der Waals surface area contributed by atoms with Crippen molar-refractivity contribution in [2.45, 2.75) is 38.3 Å². The fourth-order valence-electron chi connectivity index (χ4n) is 3.13. The Balaban J connectivity index is 1.46. The van der Waals surface area contributed by atoms with E-state index in [1.807, 2.05) is 0 Å². The van der Waals surface area contributed by atoms with Gasteiger partial charge in [0.05, 0.1) is 12.4 Å². The quantitative estimate of drug-likeness (QED) is 0.620. The average Bonchev–Trinajstić information content (AvgIpc) is 3.07. The van der Waals surface area contributed by atoms with Gasteiger partial charge in [-0.2, -0.15) is 0 Å². The number of unbranched alkanes of at least 4 members (excludes halogenated alkanes) is 1. The molecule has 1 unspecified atom stereocenters. The SMILES string of the molecule is NC(=O)c1cn(CC(O)CCCCc2cccc3ccccc23)cn1. The van der Waals surface area contributed by atoms with Gasteiger partial charge in [0.25, 0.3) is 5.91 Å². The van der Waals surface area contributed by atoms with Crippen LogP contribution >= 0.6 is 0 Å². The van der Waals surface area contributed by atoms with E-state index in [2.05, 4.69) is 47.4 Å². The molecule has 5 heteroatoms. The van der Waals surface area contributed by atoms with Gasteiger partial charge >= 0.3 is 0 Å². The minimum atomic E-state index is -0.552. The van der Waals surface area contributed by atoms with Crippen molar-refractivity contribution < 1.29 is 9.90 Å². The van der Waals surface area contributed by atoms with Gasteiger partial charge in [0, 0.05) is 12.7 Å². The number of hydrogen-bond donors (Lipinski definition) is 2. The van der Waals surface area contributed by atoms with E-state index in [0.717, 1.165) is 25.7 Å². The van der Waals surface area contributed by atoms with Crippen LogP contribution in [0.2, 0.25) is 0 Å². The number of nitrogens with zero attached hydrogens (tertiary/aromatic N) is 2. The normalized spacial score (nSPS) is 12.4. The predicted molar refractivity (Wildman–Crippen MR) is 98.3 cm³/mol. The predicted octanol–water partition coefficient (Wildman–Crippen LogP) is 2.91. The van der Waals surface area contributed by atoms with Crippen LogP contribution in [0.25, 0.3) is 10.8 Å². The van der Waals surface area contributed by atoms with Crippen molar-refractivity contribution in [2.75, 3.05) is 0 Å². The van der Waals surface area contributed by atoms with Gasteiger partial charge < -0.3 is 15.4 Å². The lowest BCUT2D eigenvalue weighted by Crippen LogP contribution is -2.15. The number of primary amides is 1. The van der Waals surface area contributed by atoms with Crippen LogP contribution in [0.5, 0.6) is 0 Å². The summed E-state index contributed by atoms with van der Waals surface area (Å²) in [5, 5.41) is 12.7. The highest BCUT2D eigenvalue weighted by Gasteiger charge is 2.09. The van der Waals surface area contributed by atoms with E-state index in [1.54, 1.807) is 10.8 Å². The summed E-state index contributed by atoms with van der Waals surface area (Å²) < 4.78 is 1.70. The molecule has 0 saturated heterocycles. The molecule has 130 valence electrons. The summed E-state index contributed by atoms with van der Waals surface area (Å²) in [7, 11) is 0. The molecule has 1 amide bonds. The van der Waals surface area contributed by atoms with Crippen LogP contribution < -0.4 is 5.73 Å². The molecule has 0 aliphatic rings. The van der Waals surface area contributed by atoms with Crippen LogP contribution in [-0.2, 0) is 13.0 Å². The number of rotatable bonds is 8. The van der Waals surface area contributed by atoms with Gasteiger partial charge in [-0.05, 0) is 35.6 Å². The highest BCUT2D eigenvalue weighted by Crippen LogP contribution is 2.20. The van der Waals surface area contributed by atoms with Crippen molar-refractivity contribution in [2.24, 2.45) is 5.73 Å². The number of aliphatic hydroxyl groups excluding tert-OH is 1. The van der Waals surface area contributed by atoms with Crippen molar-refractivity contribution >= 4 is 16.7 Å². The Morgan fingerprint density at radius 3 is 2.76 bits per heavy atom. The van der Waals surface area contributed by atoms with E-state index in [1.165, 1.54) is 22.7 Å². The zero-order chi connectivity index (χ0) is 17.6.